The highest BCUT2D eigenvalue weighted by Gasteiger charge is 2.31. The van der Waals surface area contributed by atoms with Crippen molar-refractivity contribution in [1.82, 2.24) is 9.55 Å². The summed E-state index contributed by atoms with van der Waals surface area (Å²) < 4.78 is 53.2. The Balaban J connectivity index is 2.03. The molecule has 8 heteroatoms. The monoisotopic (exact) mass is 407 g/mol. The maximum absolute atomic E-state index is 13.0. The molecule has 0 spiro atoms. The molecule has 0 saturated carbocycles. The number of benzene rings is 2. The molecule has 2 aromatic carbocycles. The molecule has 4 nitrogen and oxygen atoms in total. The van der Waals surface area contributed by atoms with Crippen LogP contribution in [0.1, 0.15) is 23.9 Å². The number of hydrogen-bond acceptors (Lipinski definition) is 3. The lowest BCUT2D eigenvalue weighted by Gasteiger charge is -2.08. The van der Waals surface area contributed by atoms with E-state index < -0.39 is 22.5 Å². The number of hydrogen-bond donors (Lipinski definition) is 1. The summed E-state index contributed by atoms with van der Waals surface area (Å²) in [5.74, 6) is 0.956. The highest BCUT2D eigenvalue weighted by atomic mass is 32.2. The van der Waals surface area contributed by atoms with Crippen molar-refractivity contribution in [3.63, 3.8) is 0 Å². The number of para-hydroxylation sites is 1. The smallest absolute Gasteiger partial charge is 0.398 e. The Morgan fingerprint density at radius 1 is 1.25 bits per heavy atom. The van der Waals surface area contributed by atoms with Crippen molar-refractivity contribution < 1.29 is 17.4 Å². The Morgan fingerprint density at radius 2 is 1.96 bits per heavy atom. The fourth-order valence-corrected chi connectivity index (χ4v) is 3.86. The predicted octanol–water partition coefficient (Wildman–Crippen LogP) is 4.53. The number of halogens is 3. The molecule has 0 bridgehead atoms. The summed E-state index contributed by atoms with van der Waals surface area (Å²) in [5.41, 5.74) is 7.40. The fourth-order valence-electron chi connectivity index (χ4n) is 2.94. The van der Waals surface area contributed by atoms with Crippen LogP contribution in [0.3, 0.4) is 0 Å². The van der Waals surface area contributed by atoms with E-state index in [0.29, 0.717) is 27.7 Å². The zero-order valence-corrected chi connectivity index (χ0v) is 16.3. The molecule has 0 radical (unpaired) electrons. The highest BCUT2D eigenvalue weighted by Crippen LogP contribution is 2.31. The Kier molecular flexibility index (Phi) is 5.60. The second-order valence-electron chi connectivity index (χ2n) is 6.34. The maximum atomic E-state index is 13.0. The molecule has 0 amide bonds. The van der Waals surface area contributed by atoms with Gasteiger partial charge in [-0.15, -0.1) is 0 Å². The largest absolute Gasteiger partial charge is 0.416 e. The van der Waals surface area contributed by atoms with Crippen LogP contribution < -0.4 is 5.73 Å². The number of alkyl halides is 3. The molecular weight excluding hydrogens is 387 g/mol. The van der Waals surface area contributed by atoms with E-state index in [9.17, 15) is 17.4 Å². The van der Waals surface area contributed by atoms with E-state index in [0.717, 1.165) is 17.7 Å². The second kappa shape index (κ2) is 7.79. The van der Waals surface area contributed by atoms with Gasteiger partial charge in [-0.3, -0.25) is 4.21 Å². The van der Waals surface area contributed by atoms with E-state index in [1.807, 2.05) is 25.1 Å². The number of nitrogens with two attached hydrogens (primary N) is 1. The van der Waals surface area contributed by atoms with E-state index in [-0.39, 0.29) is 11.9 Å². The van der Waals surface area contributed by atoms with Crippen LogP contribution in [0.15, 0.2) is 47.4 Å². The molecule has 148 valence electrons. The Bertz CT molecular complexity index is 1070. The van der Waals surface area contributed by atoms with Gasteiger partial charge in [0.05, 0.1) is 16.6 Å². The quantitative estimate of drug-likeness (QED) is 0.633. The zero-order chi connectivity index (χ0) is 20.5. The third-order valence-corrected chi connectivity index (χ3v) is 5.87. The zero-order valence-electron chi connectivity index (χ0n) is 15.5. The number of imidazole rings is 1. The minimum atomic E-state index is -4.43. The lowest BCUT2D eigenvalue weighted by atomic mass is 10.1. The molecule has 28 heavy (non-hydrogen) atoms. The molecule has 1 atom stereocenters. The number of nitrogen functional groups attached to an aromatic ring is 1. The Morgan fingerprint density at radius 3 is 2.61 bits per heavy atom. The molecule has 1 heterocycles. The molecule has 0 fully saturated rings. The van der Waals surface area contributed by atoms with E-state index in [1.54, 1.807) is 23.8 Å². The summed E-state index contributed by atoms with van der Waals surface area (Å²) in [7, 11) is 0.487. The van der Waals surface area contributed by atoms with Crippen LogP contribution in [-0.2, 0) is 30.4 Å². The lowest BCUT2D eigenvalue weighted by molar-refractivity contribution is -0.137. The molecule has 3 rings (SSSR count). The first kappa shape index (κ1) is 20.1. The number of aryl methyl sites for hydroxylation is 1. The molecule has 2 N–H and O–H groups in total. The van der Waals surface area contributed by atoms with Crippen LogP contribution in [0.5, 0.6) is 0 Å². The molecule has 0 aliphatic heterocycles. The number of nitrogens with zero attached hydrogens (tertiary/aromatic N) is 2. The van der Waals surface area contributed by atoms with E-state index in [4.69, 9.17) is 5.73 Å². The van der Waals surface area contributed by atoms with Gasteiger partial charge in [0.25, 0.3) is 0 Å². The van der Waals surface area contributed by atoms with Gasteiger partial charge in [-0.2, -0.15) is 13.2 Å². The second-order valence-corrected chi connectivity index (χ2v) is 8.13. The first-order valence-electron chi connectivity index (χ1n) is 8.66. The third-order valence-electron chi connectivity index (χ3n) is 4.50. The number of rotatable bonds is 5. The number of fused-ring (bicyclic) bond motifs is 1. The summed E-state index contributed by atoms with van der Waals surface area (Å²) in [5, 5.41) is 0. The number of anilines is 1. The lowest BCUT2D eigenvalue weighted by Crippen LogP contribution is -2.06. The topological polar surface area (TPSA) is 60.9 Å². The van der Waals surface area contributed by atoms with Crippen LogP contribution in [0.4, 0.5) is 18.9 Å². The standard InChI is InChI=1S/C20H20F3N3OS/c1-3-28(27)15(10-13-6-4-5-7-16(13)24)12-19-25-17-11-14(20(21,22)23)8-9-18(17)26(19)2/h4-11H,3,12,24H2,1-2H3/b15-10+. The number of aromatic nitrogens is 2. The summed E-state index contributed by atoms with van der Waals surface area (Å²) in [4.78, 5) is 4.98. The van der Waals surface area contributed by atoms with Gasteiger partial charge in [0.1, 0.15) is 5.82 Å². The molecule has 0 aliphatic carbocycles. The normalized spacial score (nSPS) is 13.8. The average molecular weight is 407 g/mol. The van der Waals surface area contributed by atoms with Crippen LogP contribution in [0.2, 0.25) is 0 Å². The van der Waals surface area contributed by atoms with Crippen molar-refractivity contribution in [3.05, 3.63) is 64.3 Å². The van der Waals surface area contributed by atoms with Crippen LogP contribution in [-0.4, -0.2) is 19.5 Å². The molecule has 0 aliphatic rings. The first-order valence-corrected chi connectivity index (χ1v) is 9.98. The van der Waals surface area contributed by atoms with Gasteiger partial charge in [-0.25, -0.2) is 4.98 Å². The summed E-state index contributed by atoms with van der Waals surface area (Å²) in [6, 6.07) is 10.7. The predicted molar refractivity (Wildman–Crippen MR) is 107 cm³/mol. The van der Waals surface area contributed by atoms with Crippen molar-refractivity contribution in [1.29, 1.82) is 0 Å². The average Bonchev–Trinajstić information content (AvgIpc) is 2.96. The van der Waals surface area contributed by atoms with Crippen molar-refractivity contribution in [3.8, 4) is 0 Å². The maximum Gasteiger partial charge on any atom is 0.416 e. The Hall–Kier alpha value is -2.61. The van der Waals surface area contributed by atoms with Gasteiger partial charge < -0.3 is 10.3 Å². The SMILES string of the molecule is CCS(=O)/C(=C/c1ccccc1N)Cc1nc2cc(C(F)(F)F)ccc2n1C. The summed E-state index contributed by atoms with van der Waals surface area (Å²) in [6.45, 7) is 1.81. The van der Waals surface area contributed by atoms with Gasteiger partial charge >= 0.3 is 6.18 Å². The Labute approximate surface area is 163 Å². The fraction of sp³-hybridized carbons (Fsp3) is 0.250. The van der Waals surface area contributed by atoms with Crippen molar-refractivity contribution in [2.24, 2.45) is 7.05 Å². The number of allylic oxidation sites excluding steroid dienone is 1. The van der Waals surface area contributed by atoms with Gasteiger partial charge in [0.2, 0.25) is 0 Å². The van der Waals surface area contributed by atoms with Crippen LogP contribution >= 0.6 is 0 Å². The van der Waals surface area contributed by atoms with E-state index in [2.05, 4.69) is 4.98 Å². The van der Waals surface area contributed by atoms with E-state index >= 15 is 0 Å². The van der Waals surface area contributed by atoms with E-state index in [1.165, 1.54) is 6.07 Å². The van der Waals surface area contributed by atoms with Gasteiger partial charge in [-0.05, 0) is 35.9 Å². The first-order chi connectivity index (χ1) is 13.2. The van der Waals surface area contributed by atoms with Crippen molar-refractivity contribution in [2.45, 2.75) is 19.5 Å². The van der Waals surface area contributed by atoms with Crippen LogP contribution in [0.25, 0.3) is 17.1 Å². The molecule has 3 aromatic rings. The van der Waals surface area contributed by atoms with Crippen LogP contribution in [0, 0.1) is 0 Å². The summed E-state index contributed by atoms with van der Waals surface area (Å²) >= 11 is 0. The summed E-state index contributed by atoms with van der Waals surface area (Å²) in [6.07, 6.45) is -2.40. The minimum absolute atomic E-state index is 0.251. The van der Waals surface area contributed by atoms with Gasteiger partial charge in [0.15, 0.2) is 0 Å². The van der Waals surface area contributed by atoms with Crippen molar-refractivity contribution >= 4 is 33.6 Å². The third kappa shape index (κ3) is 4.11. The van der Waals surface area contributed by atoms with Gasteiger partial charge in [0, 0.05) is 40.6 Å². The molecular formula is C20H20F3N3OS. The molecule has 1 unspecified atom stereocenters. The van der Waals surface area contributed by atoms with Gasteiger partial charge in [-0.1, -0.05) is 25.1 Å². The highest BCUT2D eigenvalue weighted by molar-refractivity contribution is 7.89. The molecule has 1 aromatic heterocycles. The molecule has 0 saturated heterocycles. The van der Waals surface area contributed by atoms with Crippen molar-refractivity contribution in [2.75, 3.05) is 11.5 Å². The minimum Gasteiger partial charge on any atom is -0.398 e.